The van der Waals surface area contributed by atoms with E-state index in [2.05, 4.69) is 5.32 Å². The van der Waals surface area contributed by atoms with Gasteiger partial charge in [-0.05, 0) is 43.7 Å². The zero-order valence-electron chi connectivity index (χ0n) is 16.4. The number of Topliss-reactive ketones (excluding diaryl/α,β-unsaturated/α-hetero) is 1. The number of amides is 1. The maximum absolute atomic E-state index is 13.0. The SMILES string of the molecule is CCN(CC(=O)Nc1cccc(C(C)=O)c1)S(=O)(=O)c1cc(C)ccc1OC. The molecule has 0 saturated heterocycles. The van der Waals surface area contributed by atoms with E-state index in [0.29, 0.717) is 11.3 Å². The first-order valence-electron chi connectivity index (χ1n) is 8.74. The minimum Gasteiger partial charge on any atom is -0.495 e. The van der Waals surface area contributed by atoms with Gasteiger partial charge >= 0.3 is 0 Å². The number of methoxy groups -OCH3 is 1. The molecule has 0 saturated carbocycles. The summed E-state index contributed by atoms with van der Waals surface area (Å²) in [6, 6.07) is 11.3. The van der Waals surface area contributed by atoms with E-state index in [1.165, 1.54) is 20.1 Å². The van der Waals surface area contributed by atoms with Crippen LogP contribution in [0.1, 0.15) is 29.8 Å². The Balaban J connectivity index is 2.23. The van der Waals surface area contributed by atoms with E-state index in [1.54, 1.807) is 50.2 Å². The van der Waals surface area contributed by atoms with E-state index >= 15 is 0 Å². The molecule has 28 heavy (non-hydrogen) atoms. The van der Waals surface area contributed by atoms with Gasteiger partial charge in [-0.1, -0.05) is 25.1 Å². The van der Waals surface area contributed by atoms with Gasteiger partial charge < -0.3 is 10.1 Å². The second-order valence-corrected chi connectivity index (χ2v) is 8.18. The molecule has 2 aromatic rings. The number of anilines is 1. The van der Waals surface area contributed by atoms with Crippen molar-refractivity contribution in [3.05, 3.63) is 53.6 Å². The van der Waals surface area contributed by atoms with Crippen LogP contribution in [0.5, 0.6) is 5.75 Å². The largest absolute Gasteiger partial charge is 0.495 e. The summed E-state index contributed by atoms with van der Waals surface area (Å²) in [7, 11) is -2.53. The fraction of sp³-hybridized carbons (Fsp3) is 0.300. The molecule has 0 aliphatic heterocycles. The number of benzene rings is 2. The number of likely N-dealkylation sites (N-methyl/N-ethyl adjacent to an activating group) is 1. The molecule has 7 nitrogen and oxygen atoms in total. The zero-order valence-corrected chi connectivity index (χ0v) is 17.2. The van der Waals surface area contributed by atoms with Crippen molar-refractivity contribution in [1.82, 2.24) is 4.31 Å². The van der Waals surface area contributed by atoms with E-state index in [1.807, 2.05) is 0 Å². The highest BCUT2D eigenvalue weighted by Gasteiger charge is 2.28. The molecule has 2 rings (SSSR count). The Morgan fingerprint density at radius 2 is 1.86 bits per heavy atom. The van der Waals surface area contributed by atoms with Crippen LogP contribution in [0.4, 0.5) is 5.69 Å². The van der Waals surface area contributed by atoms with Crippen LogP contribution in [0.2, 0.25) is 0 Å². The average Bonchev–Trinajstić information content (AvgIpc) is 2.66. The number of carbonyl (C=O) groups is 2. The molecule has 0 radical (unpaired) electrons. The highest BCUT2D eigenvalue weighted by Crippen LogP contribution is 2.27. The quantitative estimate of drug-likeness (QED) is 0.683. The minimum atomic E-state index is -3.93. The summed E-state index contributed by atoms with van der Waals surface area (Å²) in [5.41, 5.74) is 1.66. The number of sulfonamides is 1. The summed E-state index contributed by atoms with van der Waals surface area (Å²) in [6.45, 7) is 4.62. The van der Waals surface area contributed by atoms with Crippen LogP contribution in [0.3, 0.4) is 0 Å². The van der Waals surface area contributed by atoms with Gasteiger partial charge in [-0.15, -0.1) is 0 Å². The molecule has 0 bridgehead atoms. The fourth-order valence-corrected chi connectivity index (χ4v) is 4.31. The first-order valence-corrected chi connectivity index (χ1v) is 10.2. The number of ether oxygens (including phenoxy) is 1. The molecule has 2 aromatic carbocycles. The van der Waals surface area contributed by atoms with Crippen LogP contribution >= 0.6 is 0 Å². The standard InChI is InChI=1S/C20H24N2O5S/c1-5-22(28(25,26)19-11-14(2)9-10-18(19)27-4)13-20(24)21-17-8-6-7-16(12-17)15(3)23/h6-12H,5,13H2,1-4H3,(H,21,24). The van der Waals surface area contributed by atoms with E-state index in [0.717, 1.165) is 9.87 Å². The van der Waals surface area contributed by atoms with Crippen LogP contribution in [0.25, 0.3) is 0 Å². The van der Waals surface area contributed by atoms with E-state index < -0.39 is 15.9 Å². The number of nitrogens with one attached hydrogen (secondary N) is 1. The van der Waals surface area contributed by atoms with Gasteiger partial charge in [-0.25, -0.2) is 8.42 Å². The van der Waals surface area contributed by atoms with Crippen molar-refractivity contribution in [2.24, 2.45) is 0 Å². The second kappa shape index (κ2) is 8.99. The number of rotatable bonds is 8. The lowest BCUT2D eigenvalue weighted by Crippen LogP contribution is -2.38. The monoisotopic (exact) mass is 404 g/mol. The molecule has 0 atom stereocenters. The van der Waals surface area contributed by atoms with Crippen molar-refractivity contribution in [3.8, 4) is 5.75 Å². The molecule has 0 aliphatic rings. The zero-order chi connectivity index (χ0) is 20.9. The number of aryl methyl sites for hydroxylation is 1. The van der Waals surface area contributed by atoms with E-state index in [9.17, 15) is 18.0 Å². The summed E-state index contributed by atoms with van der Waals surface area (Å²) < 4.78 is 32.4. The number of hydrogen-bond donors (Lipinski definition) is 1. The van der Waals surface area contributed by atoms with Crippen LogP contribution in [0, 0.1) is 6.92 Å². The van der Waals surface area contributed by atoms with Crippen molar-refractivity contribution in [2.75, 3.05) is 25.5 Å². The molecule has 0 spiro atoms. The van der Waals surface area contributed by atoms with Crippen molar-refractivity contribution >= 4 is 27.4 Å². The normalized spacial score (nSPS) is 11.3. The third-order valence-corrected chi connectivity index (χ3v) is 6.10. The van der Waals surface area contributed by atoms with E-state index in [4.69, 9.17) is 4.74 Å². The molecule has 150 valence electrons. The Labute approximate surface area is 165 Å². The lowest BCUT2D eigenvalue weighted by molar-refractivity contribution is -0.116. The maximum atomic E-state index is 13.0. The summed E-state index contributed by atoms with van der Waals surface area (Å²) in [4.78, 5) is 23.9. The Morgan fingerprint density at radius 3 is 2.46 bits per heavy atom. The Bertz CT molecular complexity index is 986. The number of nitrogens with zero attached hydrogens (tertiary/aromatic N) is 1. The lowest BCUT2D eigenvalue weighted by Gasteiger charge is -2.21. The number of carbonyl (C=O) groups excluding carboxylic acids is 2. The Hall–Kier alpha value is -2.71. The number of ketones is 1. The summed E-state index contributed by atoms with van der Waals surface area (Å²) in [5.74, 6) is -0.406. The number of hydrogen-bond acceptors (Lipinski definition) is 5. The maximum Gasteiger partial charge on any atom is 0.247 e. The highest BCUT2D eigenvalue weighted by atomic mass is 32.2. The highest BCUT2D eigenvalue weighted by molar-refractivity contribution is 7.89. The van der Waals surface area contributed by atoms with Gasteiger partial charge in [0.1, 0.15) is 10.6 Å². The molecule has 0 aliphatic carbocycles. The molecule has 0 heterocycles. The third-order valence-electron chi connectivity index (χ3n) is 4.16. The van der Waals surface area contributed by atoms with Crippen LogP contribution in [-0.4, -0.2) is 44.6 Å². The molecule has 0 aromatic heterocycles. The van der Waals surface area contributed by atoms with Crippen molar-refractivity contribution in [2.45, 2.75) is 25.7 Å². The molecule has 1 N–H and O–H groups in total. The fourth-order valence-electron chi connectivity index (χ4n) is 2.67. The van der Waals surface area contributed by atoms with Crippen LogP contribution < -0.4 is 10.1 Å². The van der Waals surface area contributed by atoms with E-state index in [-0.39, 0.29) is 29.5 Å². The second-order valence-electron chi connectivity index (χ2n) is 6.27. The molecule has 0 unspecified atom stereocenters. The molecule has 8 heteroatoms. The van der Waals surface area contributed by atoms with Crippen LogP contribution in [-0.2, 0) is 14.8 Å². The smallest absolute Gasteiger partial charge is 0.247 e. The van der Waals surface area contributed by atoms with Crippen LogP contribution in [0.15, 0.2) is 47.4 Å². The predicted octanol–water partition coefficient (Wildman–Crippen LogP) is 2.86. The van der Waals surface area contributed by atoms with Crippen molar-refractivity contribution < 1.29 is 22.7 Å². The minimum absolute atomic E-state index is 0.0169. The average molecular weight is 404 g/mol. The molecular weight excluding hydrogens is 380 g/mol. The van der Waals surface area contributed by atoms with Gasteiger partial charge in [0, 0.05) is 17.8 Å². The van der Waals surface area contributed by atoms with Crippen molar-refractivity contribution in [1.29, 1.82) is 0 Å². The van der Waals surface area contributed by atoms with Gasteiger partial charge in [0.15, 0.2) is 5.78 Å². The van der Waals surface area contributed by atoms with Gasteiger partial charge in [0.25, 0.3) is 0 Å². The first kappa shape index (κ1) is 21.6. The molecule has 1 amide bonds. The predicted molar refractivity (Wildman–Crippen MR) is 107 cm³/mol. The topological polar surface area (TPSA) is 92.8 Å². The third kappa shape index (κ3) is 4.96. The lowest BCUT2D eigenvalue weighted by atomic mass is 10.1. The van der Waals surface area contributed by atoms with Gasteiger partial charge in [-0.2, -0.15) is 4.31 Å². The summed E-state index contributed by atoms with van der Waals surface area (Å²) in [5, 5.41) is 2.64. The first-order chi connectivity index (χ1) is 13.2. The molecular formula is C20H24N2O5S. The Morgan fingerprint density at radius 1 is 1.14 bits per heavy atom. The summed E-state index contributed by atoms with van der Waals surface area (Å²) in [6.07, 6.45) is 0. The van der Waals surface area contributed by atoms with Gasteiger partial charge in [-0.3, -0.25) is 9.59 Å². The Kier molecular flexibility index (Phi) is 6.93. The molecule has 0 fully saturated rings. The summed E-state index contributed by atoms with van der Waals surface area (Å²) >= 11 is 0. The van der Waals surface area contributed by atoms with Gasteiger partial charge in [0.2, 0.25) is 15.9 Å². The van der Waals surface area contributed by atoms with Crippen molar-refractivity contribution in [3.63, 3.8) is 0 Å². The van der Waals surface area contributed by atoms with Gasteiger partial charge in [0.05, 0.1) is 13.7 Å².